The molecule has 2 nitrogen and oxygen atoms in total. The Morgan fingerprint density at radius 3 is 0.971 bits per heavy atom. The van der Waals surface area contributed by atoms with E-state index in [1.807, 2.05) is 22.7 Å². The first-order valence-electron chi connectivity index (χ1n) is 23.9. The summed E-state index contributed by atoms with van der Waals surface area (Å²) in [4.78, 5) is 0. The SMILES string of the molecule is c1ccc(-c2ccc(-n3c4ccc(-c5ccc(-c6ccc7c(c6)c6c8c(ccc6n7-c6ccc(-c7ccccc7)cc6)sc6ccccc68)cc5)cc4c4c5c(ccc43)sc3ccccc35)cc2)cc1. The average molecular weight is 925 g/mol. The summed E-state index contributed by atoms with van der Waals surface area (Å²) in [7, 11) is 0. The van der Waals surface area contributed by atoms with E-state index in [0.29, 0.717) is 0 Å². The highest BCUT2D eigenvalue weighted by molar-refractivity contribution is 7.26. The Labute approximate surface area is 411 Å². The van der Waals surface area contributed by atoms with Crippen LogP contribution < -0.4 is 0 Å². The minimum atomic E-state index is 1.16. The van der Waals surface area contributed by atoms with Gasteiger partial charge in [-0.05, 0) is 129 Å². The zero-order chi connectivity index (χ0) is 45.9. The standard InChI is InChI=1S/C66H40N2S2/c1-3-11-41(12-4-1)43-23-29-49(30-24-43)67-55-33-27-47(39-53(55)63-57(67)35-37-61-65(63)51-15-7-9-17-59(51)69-61)45-19-21-46(22-20-45)48-28-34-56-54(40-48)64-58(36-38-62-66(64)52-16-8-10-18-60(52)70-62)68(56)50-31-25-44(26-32-50)42-13-5-2-6-14-42/h1-40H. The molecule has 0 atom stereocenters. The van der Waals surface area contributed by atoms with Crippen LogP contribution in [0.1, 0.15) is 0 Å². The zero-order valence-electron chi connectivity index (χ0n) is 37.8. The molecular weight excluding hydrogens is 885 g/mol. The van der Waals surface area contributed by atoms with Crippen molar-refractivity contribution in [3.05, 3.63) is 243 Å². The van der Waals surface area contributed by atoms with Gasteiger partial charge in [0.05, 0.1) is 22.1 Å². The van der Waals surface area contributed by atoms with E-state index in [1.165, 1.54) is 128 Å². The van der Waals surface area contributed by atoms with Crippen molar-refractivity contribution in [2.24, 2.45) is 0 Å². The van der Waals surface area contributed by atoms with Crippen LogP contribution in [0.2, 0.25) is 0 Å². The minimum Gasteiger partial charge on any atom is -0.309 e. The Hall–Kier alpha value is -8.54. The van der Waals surface area contributed by atoms with Gasteiger partial charge >= 0.3 is 0 Å². The molecule has 0 unspecified atom stereocenters. The molecule has 4 heteroatoms. The van der Waals surface area contributed by atoms with E-state index in [-0.39, 0.29) is 0 Å². The largest absolute Gasteiger partial charge is 0.309 e. The third-order valence-corrected chi connectivity index (χ3v) is 16.8. The molecule has 0 saturated carbocycles. The number of rotatable bonds is 6. The number of benzene rings is 11. The van der Waals surface area contributed by atoms with Gasteiger partial charge in [-0.15, -0.1) is 22.7 Å². The van der Waals surface area contributed by atoms with Gasteiger partial charge in [-0.2, -0.15) is 0 Å². The second-order valence-corrected chi connectivity index (χ2v) is 20.6. The summed E-state index contributed by atoms with van der Waals surface area (Å²) in [5.74, 6) is 0. The molecule has 0 amide bonds. The first-order valence-corrected chi connectivity index (χ1v) is 25.5. The second-order valence-electron chi connectivity index (χ2n) is 18.4. The molecule has 15 aromatic rings. The highest BCUT2D eigenvalue weighted by Gasteiger charge is 2.21. The number of nitrogens with zero attached hydrogens (tertiary/aromatic N) is 2. The maximum absolute atomic E-state index is 2.46. The molecule has 0 spiro atoms. The van der Waals surface area contributed by atoms with Crippen molar-refractivity contribution in [3.63, 3.8) is 0 Å². The molecule has 326 valence electrons. The Morgan fingerprint density at radius 1 is 0.214 bits per heavy atom. The zero-order valence-corrected chi connectivity index (χ0v) is 39.4. The van der Waals surface area contributed by atoms with Crippen molar-refractivity contribution in [2.75, 3.05) is 0 Å². The van der Waals surface area contributed by atoms with E-state index in [1.54, 1.807) is 0 Å². The summed E-state index contributed by atoms with van der Waals surface area (Å²) >= 11 is 3.76. The quantitative estimate of drug-likeness (QED) is 0.157. The van der Waals surface area contributed by atoms with Crippen LogP contribution in [-0.4, -0.2) is 9.13 Å². The third-order valence-electron chi connectivity index (χ3n) is 14.6. The van der Waals surface area contributed by atoms with Crippen molar-refractivity contribution >= 4 is 107 Å². The molecule has 0 aliphatic carbocycles. The van der Waals surface area contributed by atoms with Gasteiger partial charge in [0.2, 0.25) is 0 Å². The minimum absolute atomic E-state index is 1.16. The summed E-state index contributed by atoms with van der Waals surface area (Å²) < 4.78 is 10.2. The Morgan fingerprint density at radius 2 is 0.543 bits per heavy atom. The Bertz CT molecular complexity index is 4240. The molecule has 0 radical (unpaired) electrons. The average Bonchev–Trinajstić information content (AvgIpc) is 4.19. The van der Waals surface area contributed by atoms with E-state index < -0.39 is 0 Å². The van der Waals surface area contributed by atoms with Crippen molar-refractivity contribution in [1.82, 2.24) is 9.13 Å². The van der Waals surface area contributed by atoms with Gasteiger partial charge in [0.25, 0.3) is 0 Å². The summed E-state index contributed by atoms with van der Waals surface area (Å²) in [6.45, 7) is 0. The van der Waals surface area contributed by atoms with Gasteiger partial charge in [0, 0.05) is 73.3 Å². The van der Waals surface area contributed by atoms with E-state index in [4.69, 9.17) is 0 Å². The summed E-state index contributed by atoms with van der Waals surface area (Å²) in [5, 5.41) is 10.5. The van der Waals surface area contributed by atoms with Gasteiger partial charge in [-0.25, -0.2) is 0 Å². The number of hydrogen-bond donors (Lipinski definition) is 0. The lowest BCUT2D eigenvalue weighted by Crippen LogP contribution is -1.94. The summed E-state index contributed by atoms with van der Waals surface area (Å²) in [6.07, 6.45) is 0. The number of aromatic nitrogens is 2. The summed E-state index contributed by atoms with van der Waals surface area (Å²) in [6, 6.07) is 89.8. The van der Waals surface area contributed by atoms with Crippen LogP contribution in [0.25, 0.3) is 140 Å². The normalized spacial score (nSPS) is 12.0. The fraction of sp³-hybridized carbons (Fsp3) is 0. The summed E-state index contributed by atoms with van der Waals surface area (Å²) in [5.41, 5.74) is 16.9. The van der Waals surface area contributed by atoms with Crippen molar-refractivity contribution in [1.29, 1.82) is 0 Å². The molecule has 4 aromatic heterocycles. The lowest BCUT2D eigenvalue weighted by Gasteiger charge is -2.11. The molecule has 0 aliphatic rings. The molecule has 0 bridgehead atoms. The van der Waals surface area contributed by atoms with Crippen LogP contribution in [0.5, 0.6) is 0 Å². The van der Waals surface area contributed by atoms with Crippen molar-refractivity contribution in [3.8, 4) is 55.9 Å². The van der Waals surface area contributed by atoms with Crippen LogP contribution in [0.3, 0.4) is 0 Å². The maximum atomic E-state index is 2.46. The predicted molar refractivity (Wildman–Crippen MR) is 303 cm³/mol. The van der Waals surface area contributed by atoms with Gasteiger partial charge in [0.1, 0.15) is 0 Å². The fourth-order valence-electron chi connectivity index (χ4n) is 11.3. The molecule has 0 saturated heterocycles. The highest BCUT2D eigenvalue weighted by Crippen LogP contribution is 2.47. The molecular formula is C66H40N2S2. The monoisotopic (exact) mass is 924 g/mol. The fourth-order valence-corrected chi connectivity index (χ4v) is 13.5. The van der Waals surface area contributed by atoms with Crippen LogP contribution in [0.15, 0.2) is 243 Å². The van der Waals surface area contributed by atoms with Crippen molar-refractivity contribution < 1.29 is 0 Å². The molecule has 70 heavy (non-hydrogen) atoms. The van der Waals surface area contributed by atoms with Gasteiger partial charge in [-0.1, -0.05) is 158 Å². The number of thiophene rings is 2. The van der Waals surface area contributed by atoms with Crippen LogP contribution >= 0.6 is 22.7 Å². The maximum Gasteiger partial charge on any atom is 0.0548 e. The first-order chi connectivity index (χ1) is 34.7. The lowest BCUT2D eigenvalue weighted by atomic mass is 9.97. The highest BCUT2D eigenvalue weighted by atomic mass is 32.1. The predicted octanol–water partition coefficient (Wildman–Crippen LogP) is 19.3. The second kappa shape index (κ2) is 15.5. The topological polar surface area (TPSA) is 9.86 Å². The molecule has 15 rings (SSSR count). The number of fused-ring (bicyclic) bond motifs is 14. The first kappa shape index (κ1) is 39.5. The molecule has 0 N–H and O–H groups in total. The van der Waals surface area contributed by atoms with Crippen molar-refractivity contribution in [2.45, 2.75) is 0 Å². The Kier molecular flexibility index (Phi) is 8.73. The molecule has 0 fully saturated rings. The van der Waals surface area contributed by atoms with Gasteiger partial charge in [-0.3, -0.25) is 0 Å². The van der Waals surface area contributed by atoms with Crippen LogP contribution in [-0.2, 0) is 0 Å². The number of hydrogen-bond acceptors (Lipinski definition) is 2. The van der Waals surface area contributed by atoms with E-state index >= 15 is 0 Å². The molecule has 0 aliphatic heterocycles. The molecule has 4 heterocycles. The van der Waals surface area contributed by atoms with Crippen LogP contribution in [0, 0.1) is 0 Å². The van der Waals surface area contributed by atoms with Crippen LogP contribution in [0.4, 0.5) is 0 Å². The van der Waals surface area contributed by atoms with E-state index in [0.717, 1.165) is 11.4 Å². The Balaban J connectivity index is 0.866. The van der Waals surface area contributed by atoms with E-state index in [2.05, 4.69) is 252 Å². The smallest absolute Gasteiger partial charge is 0.0548 e. The van der Waals surface area contributed by atoms with Gasteiger partial charge < -0.3 is 9.13 Å². The lowest BCUT2D eigenvalue weighted by molar-refractivity contribution is 1.18. The molecule has 11 aromatic carbocycles. The van der Waals surface area contributed by atoms with Gasteiger partial charge in [0.15, 0.2) is 0 Å². The third kappa shape index (κ3) is 6.04. The van der Waals surface area contributed by atoms with E-state index in [9.17, 15) is 0 Å².